The molecule has 1 aliphatic carbocycles. The molecule has 5 atom stereocenters. The fourth-order valence-corrected chi connectivity index (χ4v) is 2.80. The van der Waals surface area contributed by atoms with E-state index in [0.29, 0.717) is 11.8 Å². The quantitative estimate of drug-likeness (QED) is 0.491. The van der Waals surface area contributed by atoms with Crippen LogP contribution in [0.5, 0.6) is 0 Å². The van der Waals surface area contributed by atoms with Crippen LogP contribution in [0.1, 0.15) is 40.0 Å². The molecule has 1 rings (SSSR count). The molecule has 0 spiro atoms. The number of hydrogen-bond acceptors (Lipinski definition) is 8. The van der Waals surface area contributed by atoms with Crippen molar-refractivity contribution in [3.05, 3.63) is 0 Å². The first-order chi connectivity index (χ1) is 11.2. The van der Waals surface area contributed by atoms with Crippen LogP contribution in [0.15, 0.2) is 0 Å². The zero-order chi connectivity index (χ0) is 18.4. The van der Waals surface area contributed by atoms with Crippen molar-refractivity contribution < 1.29 is 28.6 Å². The first-order valence-corrected chi connectivity index (χ1v) is 8.16. The molecule has 0 aliphatic heterocycles. The van der Waals surface area contributed by atoms with Gasteiger partial charge in [0.25, 0.3) is 0 Å². The van der Waals surface area contributed by atoms with E-state index in [4.69, 9.17) is 16.2 Å². The van der Waals surface area contributed by atoms with E-state index in [0.717, 1.165) is 12.8 Å². The van der Waals surface area contributed by atoms with E-state index in [2.05, 4.69) is 23.3 Å². The number of hydrogen-bond donors (Lipinski definition) is 2. The van der Waals surface area contributed by atoms with Crippen LogP contribution in [-0.4, -0.2) is 49.3 Å². The molecular weight excluding hydrogens is 316 g/mol. The molecule has 0 radical (unpaired) electrons. The number of nitrogens with two attached hydrogens (primary N) is 2. The summed E-state index contributed by atoms with van der Waals surface area (Å²) >= 11 is 0. The summed E-state index contributed by atoms with van der Waals surface area (Å²) < 4.78 is 14.9. The van der Waals surface area contributed by atoms with Crippen molar-refractivity contribution in [3.63, 3.8) is 0 Å². The number of carbonyl (C=O) groups excluding carboxylic acids is 3. The van der Waals surface area contributed by atoms with Gasteiger partial charge in [-0.25, -0.2) is 9.59 Å². The zero-order valence-corrected chi connectivity index (χ0v) is 14.7. The Morgan fingerprint density at radius 2 is 1.62 bits per heavy atom. The van der Waals surface area contributed by atoms with Gasteiger partial charge in [-0.15, -0.1) is 0 Å². The molecule has 0 heterocycles. The molecule has 8 heteroatoms. The van der Waals surface area contributed by atoms with Crippen LogP contribution in [0, 0.1) is 11.8 Å². The highest BCUT2D eigenvalue weighted by Crippen LogP contribution is 2.33. The van der Waals surface area contributed by atoms with Gasteiger partial charge in [0.1, 0.15) is 12.1 Å². The second-order valence-corrected chi connectivity index (χ2v) is 6.49. The average Bonchev–Trinajstić information content (AvgIpc) is 2.85. The maximum atomic E-state index is 12.0. The van der Waals surface area contributed by atoms with Crippen LogP contribution < -0.4 is 11.5 Å². The summed E-state index contributed by atoms with van der Waals surface area (Å²) in [7, 11) is 1.17. The van der Waals surface area contributed by atoms with Gasteiger partial charge in [0.05, 0.1) is 25.7 Å². The lowest BCUT2D eigenvalue weighted by Crippen LogP contribution is -2.47. The molecule has 1 saturated carbocycles. The van der Waals surface area contributed by atoms with Crippen LogP contribution >= 0.6 is 0 Å². The van der Waals surface area contributed by atoms with Gasteiger partial charge in [-0.05, 0) is 31.6 Å². The first kappa shape index (κ1) is 20.5. The Morgan fingerprint density at radius 3 is 2.12 bits per heavy atom. The summed E-state index contributed by atoms with van der Waals surface area (Å²) in [6.07, 6.45) is 1.19. The highest BCUT2D eigenvalue weighted by molar-refractivity contribution is 5.92. The third-order valence-electron chi connectivity index (χ3n) is 4.47. The second-order valence-electron chi connectivity index (χ2n) is 6.49. The minimum absolute atomic E-state index is 0.0242. The van der Waals surface area contributed by atoms with Gasteiger partial charge in [0.2, 0.25) is 0 Å². The van der Waals surface area contributed by atoms with Crippen molar-refractivity contribution in [1.82, 2.24) is 0 Å². The Balaban J connectivity index is 2.51. The van der Waals surface area contributed by atoms with E-state index in [1.807, 2.05) is 0 Å². The molecular formula is C16H28N2O6. The van der Waals surface area contributed by atoms with Gasteiger partial charge in [-0.2, -0.15) is 0 Å². The maximum Gasteiger partial charge on any atom is 0.333 e. The third-order valence-corrected chi connectivity index (χ3v) is 4.47. The lowest BCUT2D eigenvalue weighted by molar-refractivity contribution is -0.166. The molecule has 8 nitrogen and oxygen atoms in total. The highest BCUT2D eigenvalue weighted by Gasteiger charge is 2.35. The molecule has 0 aromatic rings. The third kappa shape index (κ3) is 5.54. The molecule has 2 unspecified atom stereocenters. The summed E-state index contributed by atoms with van der Waals surface area (Å²) in [5.41, 5.74) is 11.3. The maximum absolute atomic E-state index is 12.0. The summed E-state index contributed by atoms with van der Waals surface area (Å²) in [6, 6.07) is -2.39. The molecule has 1 aliphatic rings. The van der Waals surface area contributed by atoms with Gasteiger partial charge in [-0.1, -0.05) is 13.8 Å². The molecule has 138 valence electrons. The van der Waals surface area contributed by atoms with Gasteiger partial charge in [0.15, 0.2) is 0 Å². The van der Waals surface area contributed by atoms with E-state index in [1.54, 1.807) is 6.92 Å². The topological polar surface area (TPSA) is 131 Å². The lowest BCUT2D eigenvalue weighted by atomic mass is 10.0. The van der Waals surface area contributed by atoms with E-state index in [-0.39, 0.29) is 12.5 Å². The number of esters is 3. The van der Waals surface area contributed by atoms with Gasteiger partial charge >= 0.3 is 17.9 Å². The molecule has 24 heavy (non-hydrogen) atoms. The minimum atomic E-state index is -1.28. The molecule has 0 saturated heterocycles. The smallest absolute Gasteiger partial charge is 0.333 e. The summed E-state index contributed by atoms with van der Waals surface area (Å²) in [4.78, 5) is 34.7. The Bertz CT molecular complexity index is 459. The molecule has 4 N–H and O–H groups in total. The van der Waals surface area contributed by atoms with Crippen LogP contribution in [0.25, 0.3) is 0 Å². The van der Waals surface area contributed by atoms with Gasteiger partial charge in [-0.3, -0.25) is 4.79 Å². The number of rotatable bonds is 7. The summed E-state index contributed by atoms with van der Waals surface area (Å²) in [5.74, 6) is -1.83. The zero-order valence-electron chi connectivity index (χ0n) is 14.7. The van der Waals surface area contributed by atoms with E-state index in [1.165, 1.54) is 7.11 Å². The molecule has 1 fully saturated rings. The van der Waals surface area contributed by atoms with Crippen molar-refractivity contribution in [1.29, 1.82) is 0 Å². The van der Waals surface area contributed by atoms with Crippen LogP contribution in [0.4, 0.5) is 0 Å². The standard InChI is InChI=1S/C16H28N2O6/c1-8-5-6-9(2)14(8)23-10(3)13(18)16(21)24-15(20)11(17)7-12(19)22-4/h8-11,13-14H,5-7,17-18H2,1-4H3/t8?,9?,10-,11+,13+,14?/m1/s1. The van der Waals surface area contributed by atoms with Gasteiger partial charge < -0.3 is 25.7 Å². The second kappa shape index (κ2) is 9.10. The Labute approximate surface area is 142 Å². The van der Waals surface area contributed by atoms with E-state index in [9.17, 15) is 14.4 Å². The number of carbonyl (C=O) groups is 3. The van der Waals surface area contributed by atoms with Crippen LogP contribution in [0.2, 0.25) is 0 Å². The van der Waals surface area contributed by atoms with Crippen LogP contribution in [0.3, 0.4) is 0 Å². The number of methoxy groups -OCH3 is 1. The SMILES string of the molecule is COC(=O)C[C@H](N)C(=O)OC(=O)[C@@H](N)[C@@H](C)OC1C(C)CCC1C. The Morgan fingerprint density at radius 1 is 1.08 bits per heavy atom. The summed E-state index contributed by atoms with van der Waals surface area (Å²) in [6.45, 7) is 5.86. The largest absolute Gasteiger partial charge is 0.469 e. The first-order valence-electron chi connectivity index (χ1n) is 8.16. The average molecular weight is 344 g/mol. The monoisotopic (exact) mass is 344 g/mol. The normalized spacial score (nSPS) is 27.2. The Hall–Kier alpha value is -1.51. The highest BCUT2D eigenvalue weighted by atomic mass is 16.6. The van der Waals surface area contributed by atoms with Crippen molar-refractivity contribution >= 4 is 17.9 Å². The fourth-order valence-electron chi connectivity index (χ4n) is 2.80. The van der Waals surface area contributed by atoms with Crippen molar-refractivity contribution in [2.45, 2.75) is 64.3 Å². The predicted molar refractivity (Wildman–Crippen MR) is 85.6 cm³/mol. The minimum Gasteiger partial charge on any atom is -0.469 e. The molecule has 0 aromatic heterocycles. The van der Waals surface area contributed by atoms with Gasteiger partial charge in [0, 0.05) is 0 Å². The summed E-state index contributed by atoms with van der Waals surface area (Å²) in [5, 5.41) is 0. The van der Waals surface area contributed by atoms with Crippen molar-refractivity contribution in [3.8, 4) is 0 Å². The lowest BCUT2D eigenvalue weighted by Gasteiger charge is -2.27. The van der Waals surface area contributed by atoms with Crippen molar-refractivity contribution in [2.75, 3.05) is 7.11 Å². The predicted octanol–water partition coefficient (Wildman–Crippen LogP) is 0.114. The van der Waals surface area contributed by atoms with E-state index >= 15 is 0 Å². The molecule has 0 bridgehead atoms. The fraction of sp³-hybridized carbons (Fsp3) is 0.812. The molecule has 0 aromatic carbocycles. The Kier molecular flexibility index (Phi) is 7.78. The van der Waals surface area contributed by atoms with Crippen molar-refractivity contribution in [2.24, 2.45) is 23.3 Å². The molecule has 0 amide bonds. The number of ether oxygens (including phenoxy) is 3. The van der Waals surface area contributed by atoms with E-state index < -0.39 is 36.1 Å². The van der Waals surface area contributed by atoms with Crippen LogP contribution in [-0.2, 0) is 28.6 Å².